The molecule has 1 fully saturated rings. The number of aliphatic carboxylic acids is 1. The van der Waals surface area contributed by atoms with Crippen LogP contribution in [0.2, 0.25) is 0 Å². The van der Waals surface area contributed by atoms with Crippen molar-refractivity contribution in [2.45, 2.75) is 26.8 Å². The fourth-order valence-electron chi connectivity index (χ4n) is 2.30. The number of aryl methyl sites for hydroxylation is 2. The molecule has 2 unspecified atom stereocenters. The summed E-state index contributed by atoms with van der Waals surface area (Å²) in [5.74, 6) is -1.21. The quantitative estimate of drug-likeness (QED) is 0.878. The number of hydrogen-bond acceptors (Lipinski definition) is 3. The molecule has 1 heterocycles. The lowest BCUT2D eigenvalue weighted by atomic mass is 9.85. The van der Waals surface area contributed by atoms with E-state index in [0.717, 1.165) is 11.1 Å². The Bertz CT molecular complexity index is 555. The minimum Gasteiger partial charge on any atom is -0.481 e. The number of carboxylic acids is 1. The third kappa shape index (κ3) is 2.54. The normalized spacial score (nSPS) is 25.4. The second-order valence-corrected chi connectivity index (χ2v) is 5.58. The van der Waals surface area contributed by atoms with E-state index < -0.39 is 17.4 Å². The van der Waals surface area contributed by atoms with Crippen molar-refractivity contribution in [1.29, 1.82) is 0 Å². The highest BCUT2D eigenvalue weighted by molar-refractivity contribution is 5.96. The van der Waals surface area contributed by atoms with E-state index in [1.807, 2.05) is 26.0 Å². The van der Waals surface area contributed by atoms with Crippen molar-refractivity contribution in [2.24, 2.45) is 5.41 Å². The molecule has 1 aliphatic rings. The first kappa shape index (κ1) is 14.5. The van der Waals surface area contributed by atoms with Crippen LogP contribution in [0, 0.1) is 19.3 Å². The number of rotatable bonds is 3. The Kier molecular flexibility index (Phi) is 3.81. The van der Waals surface area contributed by atoms with Crippen LogP contribution in [0.3, 0.4) is 0 Å². The van der Waals surface area contributed by atoms with Gasteiger partial charge in [0.05, 0.1) is 19.3 Å². The van der Waals surface area contributed by atoms with Crippen LogP contribution in [-0.2, 0) is 9.53 Å². The Morgan fingerprint density at radius 2 is 2.10 bits per heavy atom. The average Bonchev–Trinajstić information content (AvgIpc) is 2.75. The van der Waals surface area contributed by atoms with Crippen LogP contribution in [0.1, 0.15) is 28.4 Å². The number of carbonyl (C=O) groups excluding carboxylic acids is 1. The summed E-state index contributed by atoms with van der Waals surface area (Å²) in [7, 11) is 0. The molecule has 1 aromatic rings. The summed E-state index contributed by atoms with van der Waals surface area (Å²) in [4.78, 5) is 23.7. The zero-order valence-corrected chi connectivity index (χ0v) is 11.9. The lowest BCUT2D eigenvalue weighted by Gasteiger charge is -2.25. The van der Waals surface area contributed by atoms with E-state index in [2.05, 4.69) is 5.32 Å². The molecule has 5 heteroatoms. The number of carboxylic acid groups (broad SMARTS) is 1. The van der Waals surface area contributed by atoms with Crippen molar-refractivity contribution in [3.05, 3.63) is 34.9 Å². The van der Waals surface area contributed by atoms with Crippen LogP contribution >= 0.6 is 0 Å². The second kappa shape index (κ2) is 5.25. The monoisotopic (exact) mass is 277 g/mol. The molecule has 0 aliphatic carbocycles. The number of ether oxygens (including phenoxy) is 1. The van der Waals surface area contributed by atoms with Crippen LogP contribution in [0.4, 0.5) is 0 Å². The van der Waals surface area contributed by atoms with Crippen molar-refractivity contribution < 1.29 is 19.4 Å². The van der Waals surface area contributed by atoms with Crippen molar-refractivity contribution >= 4 is 11.9 Å². The van der Waals surface area contributed by atoms with Gasteiger partial charge in [-0.15, -0.1) is 0 Å². The molecular formula is C15H19NO4. The molecule has 1 aromatic carbocycles. The molecule has 108 valence electrons. The van der Waals surface area contributed by atoms with Gasteiger partial charge in [0.1, 0.15) is 5.41 Å². The molecule has 0 saturated carbocycles. The fourth-order valence-corrected chi connectivity index (χ4v) is 2.30. The van der Waals surface area contributed by atoms with Crippen LogP contribution in [0.5, 0.6) is 0 Å². The minimum absolute atomic E-state index is 0.111. The summed E-state index contributed by atoms with van der Waals surface area (Å²) in [5.41, 5.74) is 1.35. The second-order valence-electron chi connectivity index (χ2n) is 5.58. The zero-order chi connectivity index (χ0) is 14.9. The molecule has 0 aromatic heterocycles. The molecular weight excluding hydrogens is 258 g/mol. The Labute approximate surface area is 117 Å². The van der Waals surface area contributed by atoms with Crippen LogP contribution in [-0.4, -0.2) is 36.2 Å². The summed E-state index contributed by atoms with van der Waals surface area (Å²) in [6.45, 7) is 5.70. The van der Waals surface area contributed by atoms with Crippen molar-refractivity contribution in [2.75, 3.05) is 13.2 Å². The van der Waals surface area contributed by atoms with Gasteiger partial charge >= 0.3 is 5.97 Å². The van der Waals surface area contributed by atoms with Gasteiger partial charge in [0, 0.05) is 5.56 Å². The predicted octanol–water partition coefficient (Wildman–Crippen LogP) is 1.52. The molecule has 1 saturated heterocycles. The van der Waals surface area contributed by atoms with Crippen LogP contribution < -0.4 is 5.32 Å². The Morgan fingerprint density at radius 1 is 1.40 bits per heavy atom. The highest BCUT2D eigenvalue weighted by Gasteiger charge is 2.47. The third-order valence-corrected chi connectivity index (χ3v) is 3.89. The van der Waals surface area contributed by atoms with Gasteiger partial charge in [0.25, 0.3) is 5.91 Å². The molecule has 0 radical (unpaired) electrons. The standard InChI is InChI=1S/C15H19NO4/c1-9-4-5-10(2)11(6-9)13(17)16-12-7-20-8-15(12,3)14(18)19/h4-6,12H,7-8H2,1-3H3,(H,16,17)(H,18,19). The third-order valence-electron chi connectivity index (χ3n) is 3.89. The van der Waals surface area contributed by atoms with Crippen molar-refractivity contribution in [1.82, 2.24) is 5.32 Å². The number of nitrogens with one attached hydrogen (secondary N) is 1. The lowest BCUT2D eigenvalue weighted by molar-refractivity contribution is -0.148. The van der Waals surface area contributed by atoms with Crippen molar-refractivity contribution in [3.63, 3.8) is 0 Å². The van der Waals surface area contributed by atoms with E-state index in [9.17, 15) is 14.7 Å². The van der Waals surface area contributed by atoms with Crippen LogP contribution in [0.15, 0.2) is 18.2 Å². The number of benzene rings is 1. The first-order valence-corrected chi connectivity index (χ1v) is 6.54. The van der Waals surface area contributed by atoms with Gasteiger partial charge in [-0.3, -0.25) is 9.59 Å². The van der Waals surface area contributed by atoms with Gasteiger partial charge in [-0.1, -0.05) is 17.7 Å². The highest BCUT2D eigenvalue weighted by atomic mass is 16.5. The average molecular weight is 277 g/mol. The van der Waals surface area contributed by atoms with Gasteiger partial charge < -0.3 is 15.2 Å². The summed E-state index contributed by atoms with van der Waals surface area (Å²) >= 11 is 0. The Morgan fingerprint density at radius 3 is 2.75 bits per heavy atom. The summed E-state index contributed by atoms with van der Waals surface area (Å²) < 4.78 is 5.23. The number of amides is 1. The van der Waals surface area contributed by atoms with E-state index >= 15 is 0 Å². The molecule has 0 spiro atoms. The van der Waals surface area contributed by atoms with Gasteiger partial charge in [-0.05, 0) is 32.4 Å². The smallest absolute Gasteiger partial charge is 0.313 e. The van der Waals surface area contributed by atoms with E-state index in [1.165, 1.54) is 0 Å². The maximum atomic E-state index is 12.3. The molecule has 1 amide bonds. The van der Waals surface area contributed by atoms with E-state index in [-0.39, 0.29) is 19.1 Å². The summed E-state index contributed by atoms with van der Waals surface area (Å²) in [5, 5.41) is 12.1. The Balaban J connectivity index is 2.19. The maximum absolute atomic E-state index is 12.3. The largest absolute Gasteiger partial charge is 0.481 e. The van der Waals surface area contributed by atoms with Crippen LogP contribution in [0.25, 0.3) is 0 Å². The maximum Gasteiger partial charge on any atom is 0.313 e. The molecule has 20 heavy (non-hydrogen) atoms. The minimum atomic E-state index is -1.08. The van der Waals surface area contributed by atoms with Gasteiger partial charge in [0.15, 0.2) is 0 Å². The zero-order valence-electron chi connectivity index (χ0n) is 11.9. The van der Waals surface area contributed by atoms with E-state index in [0.29, 0.717) is 5.56 Å². The summed E-state index contributed by atoms with van der Waals surface area (Å²) in [6.07, 6.45) is 0. The first-order valence-electron chi connectivity index (χ1n) is 6.54. The number of hydrogen-bond donors (Lipinski definition) is 2. The highest BCUT2D eigenvalue weighted by Crippen LogP contribution is 2.29. The van der Waals surface area contributed by atoms with Crippen molar-refractivity contribution in [3.8, 4) is 0 Å². The SMILES string of the molecule is Cc1ccc(C)c(C(=O)NC2COCC2(C)C(=O)O)c1. The molecule has 2 atom stereocenters. The summed E-state index contributed by atoms with van der Waals surface area (Å²) in [6, 6.07) is 5.10. The molecule has 0 bridgehead atoms. The topological polar surface area (TPSA) is 75.6 Å². The first-order chi connectivity index (χ1) is 9.34. The molecule has 2 N–H and O–H groups in total. The molecule has 1 aliphatic heterocycles. The predicted molar refractivity (Wildman–Crippen MR) is 73.7 cm³/mol. The van der Waals surface area contributed by atoms with Gasteiger partial charge in [-0.2, -0.15) is 0 Å². The van der Waals surface area contributed by atoms with Gasteiger partial charge in [-0.25, -0.2) is 0 Å². The Hall–Kier alpha value is -1.88. The fraction of sp³-hybridized carbons (Fsp3) is 0.467. The van der Waals surface area contributed by atoms with Gasteiger partial charge in [0.2, 0.25) is 0 Å². The molecule has 5 nitrogen and oxygen atoms in total. The number of carbonyl (C=O) groups is 2. The molecule has 2 rings (SSSR count). The lowest BCUT2D eigenvalue weighted by Crippen LogP contribution is -2.49. The van der Waals surface area contributed by atoms with E-state index in [1.54, 1.807) is 13.0 Å². The van der Waals surface area contributed by atoms with E-state index in [4.69, 9.17) is 4.74 Å².